The monoisotopic (exact) mass is 240 g/mol. The van der Waals surface area contributed by atoms with Crippen molar-refractivity contribution in [3.63, 3.8) is 0 Å². The molecule has 2 nitrogen and oxygen atoms in total. The van der Waals surface area contributed by atoms with Crippen LogP contribution in [0.1, 0.15) is 31.9 Å². The standard InChI is InChI=1S/C16H20N2/c1-16(2,3)14-6-8-15(9-7-14)18-12-13-5-4-10-17-11-13/h4-11,18H,12H2,1-3H3. The van der Waals surface area contributed by atoms with Gasteiger partial charge in [0.05, 0.1) is 0 Å². The predicted octanol–water partition coefficient (Wildman–Crippen LogP) is 3.99. The lowest BCUT2D eigenvalue weighted by molar-refractivity contribution is 0.590. The Labute approximate surface area is 109 Å². The van der Waals surface area contributed by atoms with Crippen LogP contribution in [0.15, 0.2) is 48.8 Å². The molecule has 0 unspecified atom stereocenters. The van der Waals surface area contributed by atoms with Gasteiger partial charge in [0.2, 0.25) is 0 Å². The molecule has 94 valence electrons. The van der Waals surface area contributed by atoms with Crippen molar-refractivity contribution in [2.45, 2.75) is 32.7 Å². The van der Waals surface area contributed by atoms with Crippen LogP contribution in [0.3, 0.4) is 0 Å². The molecular weight excluding hydrogens is 220 g/mol. The first-order chi connectivity index (χ1) is 8.55. The van der Waals surface area contributed by atoms with Crippen molar-refractivity contribution >= 4 is 5.69 Å². The van der Waals surface area contributed by atoms with Gasteiger partial charge in [0.25, 0.3) is 0 Å². The Kier molecular flexibility index (Phi) is 3.66. The molecule has 1 heterocycles. The largest absolute Gasteiger partial charge is 0.381 e. The summed E-state index contributed by atoms with van der Waals surface area (Å²) in [4.78, 5) is 4.10. The zero-order valence-electron chi connectivity index (χ0n) is 11.3. The third kappa shape index (κ3) is 3.33. The zero-order chi connectivity index (χ0) is 13.0. The van der Waals surface area contributed by atoms with Gasteiger partial charge in [0, 0.05) is 24.6 Å². The summed E-state index contributed by atoms with van der Waals surface area (Å²) in [6.07, 6.45) is 3.68. The van der Waals surface area contributed by atoms with Crippen molar-refractivity contribution in [2.75, 3.05) is 5.32 Å². The number of benzene rings is 1. The van der Waals surface area contributed by atoms with E-state index in [2.05, 4.69) is 61.4 Å². The van der Waals surface area contributed by atoms with Gasteiger partial charge in [-0.25, -0.2) is 0 Å². The third-order valence-corrected chi connectivity index (χ3v) is 2.97. The maximum absolute atomic E-state index is 4.10. The zero-order valence-corrected chi connectivity index (χ0v) is 11.3. The Morgan fingerprint density at radius 3 is 2.33 bits per heavy atom. The molecule has 1 N–H and O–H groups in total. The predicted molar refractivity (Wildman–Crippen MR) is 76.7 cm³/mol. The van der Waals surface area contributed by atoms with E-state index in [1.165, 1.54) is 11.1 Å². The lowest BCUT2D eigenvalue weighted by Gasteiger charge is -2.19. The Hall–Kier alpha value is -1.83. The minimum absolute atomic E-state index is 0.210. The summed E-state index contributed by atoms with van der Waals surface area (Å²) in [5.74, 6) is 0. The number of hydrogen-bond acceptors (Lipinski definition) is 2. The van der Waals surface area contributed by atoms with E-state index in [0.717, 1.165) is 12.2 Å². The molecule has 0 aliphatic rings. The van der Waals surface area contributed by atoms with Crippen molar-refractivity contribution in [2.24, 2.45) is 0 Å². The van der Waals surface area contributed by atoms with Crippen LogP contribution in [0.25, 0.3) is 0 Å². The fourth-order valence-corrected chi connectivity index (χ4v) is 1.79. The van der Waals surface area contributed by atoms with Gasteiger partial charge in [-0.2, -0.15) is 0 Å². The Balaban J connectivity index is 1.99. The van der Waals surface area contributed by atoms with Crippen LogP contribution < -0.4 is 5.32 Å². The van der Waals surface area contributed by atoms with Gasteiger partial charge in [0.1, 0.15) is 0 Å². The summed E-state index contributed by atoms with van der Waals surface area (Å²) in [6, 6.07) is 12.7. The average Bonchev–Trinajstić information content (AvgIpc) is 2.37. The lowest BCUT2D eigenvalue weighted by atomic mass is 9.87. The highest BCUT2D eigenvalue weighted by Gasteiger charge is 2.12. The van der Waals surface area contributed by atoms with Crippen molar-refractivity contribution in [1.29, 1.82) is 0 Å². The smallest absolute Gasteiger partial charge is 0.0416 e. The molecule has 0 aliphatic carbocycles. The summed E-state index contributed by atoms with van der Waals surface area (Å²) >= 11 is 0. The summed E-state index contributed by atoms with van der Waals surface area (Å²) < 4.78 is 0. The van der Waals surface area contributed by atoms with Gasteiger partial charge in [-0.3, -0.25) is 4.98 Å². The second-order valence-corrected chi connectivity index (χ2v) is 5.54. The van der Waals surface area contributed by atoms with Crippen LogP contribution >= 0.6 is 0 Å². The summed E-state index contributed by atoms with van der Waals surface area (Å²) in [5, 5.41) is 3.40. The minimum Gasteiger partial charge on any atom is -0.381 e. The first-order valence-electron chi connectivity index (χ1n) is 6.29. The quantitative estimate of drug-likeness (QED) is 0.877. The minimum atomic E-state index is 0.210. The average molecular weight is 240 g/mol. The highest BCUT2D eigenvalue weighted by atomic mass is 14.9. The molecular formula is C16H20N2. The normalized spacial score (nSPS) is 11.3. The number of pyridine rings is 1. The Morgan fingerprint density at radius 2 is 1.78 bits per heavy atom. The Bertz CT molecular complexity index is 481. The summed E-state index contributed by atoms with van der Waals surface area (Å²) in [6.45, 7) is 7.49. The molecule has 0 amide bonds. The second-order valence-electron chi connectivity index (χ2n) is 5.54. The van der Waals surface area contributed by atoms with Gasteiger partial charge in [-0.1, -0.05) is 39.0 Å². The van der Waals surface area contributed by atoms with E-state index in [0.29, 0.717) is 0 Å². The molecule has 0 saturated carbocycles. The van der Waals surface area contributed by atoms with E-state index >= 15 is 0 Å². The van der Waals surface area contributed by atoms with Crippen LogP contribution in [-0.2, 0) is 12.0 Å². The van der Waals surface area contributed by atoms with Crippen LogP contribution in [0.2, 0.25) is 0 Å². The molecule has 0 radical (unpaired) electrons. The van der Waals surface area contributed by atoms with Crippen LogP contribution in [-0.4, -0.2) is 4.98 Å². The van der Waals surface area contributed by atoms with Gasteiger partial charge in [0.15, 0.2) is 0 Å². The van der Waals surface area contributed by atoms with E-state index in [1.807, 2.05) is 12.3 Å². The third-order valence-electron chi connectivity index (χ3n) is 2.97. The highest BCUT2D eigenvalue weighted by molar-refractivity contribution is 5.46. The topological polar surface area (TPSA) is 24.9 Å². The van der Waals surface area contributed by atoms with Crippen LogP contribution in [0.5, 0.6) is 0 Å². The maximum atomic E-state index is 4.10. The molecule has 0 saturated heterocycles. The summed E-state index contributed by atoms with van der Waals surface area (Å²) in [5.41, 5.74) is 3.90. The lowest BCUT2D eigenvalue weighted by Crippen LogP contribution is -2.10. The molecule has 2 rings (SSSR count). The van der Waals surface area contributed by atoms with Crippen LogP contribution in [0, 0.1) is 0 Å². The highest BCUT2D eigenvalue weighted by Crippen LogP contribution is 2.23. The number of hydrogen-bond donors (Lipinski definition) is 1. The molecule has 0 spiro atoms. The first-order valence-corrected chi connectivity index (χ1v) is 6.29. The molecule has 0 aliphatic heterocycles. The van der Waals surface area contributed by atoms with E-state index in [1.54, 1.807) is 6.20 Å². The molecule has 18 heavy (non-hydrogen) atoms. The molecule has 0 fully saturated rings. The number of nitrogens with zero attached hydrogens (tertiary/aromatic N) is 1. The SMILES string of the molecule is CC(C)(C)c1ccc(NCc2cccnc2)cc1. The Morgan fingerprint density at radius 1 is 1.06 bits per heavy atom. The molecule has 0 bridgehead atoms. The second kappa shape index (κ2) is 5.21. The number of aromatic nitrogens is 1. The van der Waals surface area contributed by atoms with Gasteiger partial charge in [-0.15, -0.1) is 0 Å². The fourth-order valence-electron chi connectivity index (χ4n) is 1.79. The number of rotatable bonds is 3. The van der Waals surface area contributed by atoms with Gasteiger partial charge in [-0.05, 0) is 34.7 Å². The van der Waals surface area contributed by atoms with E-state index < -0.39 is 0 Å². The fraction of sp³-hybridized carbons (Fsp3) is 0.312. The van der Waals surface area contributed by atoms with Crippen molar-refractivity contribution in [1.82, 2.24) is 4.98 Å². The van der Waals surface area contributed by atoms with Gasteiger partial charge < -0.3 is 5.32 Å². The molecule has 1 aromatic carbocycles. The van der Waals surface area contributed by atoms with E-state index in [-0.39, 0.29) is 5.41 Å². The first kappa shape index (κ1) is 12.6. The van der Waals surface area contributed by atoms with Crippen molar-refractivity contribution < 1.29 is 0 Å². The molecule has 2 aromatic rings. The molecule has 2 heteroatoms. The molecule has 1 aromatic heterocycles. The summed E-state index contributed by atoms with van der Waals surface area (Å²) in [7, 11) is 0. The maximum Gasteiger partial charge on any atom is 0.0416 e. The van der Waals surface area contributed by atoms with Gasteiger partial charge >= 0.3 is 0 Å². The number of nitrogens with one attached hydrogen (secondary N) is 1. The number of anilines is 1. The van der Waals surface area contributed by atoms with E-state index in [9.17, 15) is 0 Å². The van der Waals surface area contributed by atoms with Crippen molar-refractivity contribution in [3.8, 4) is 0 Å². The molecule has 0 atom stereocenters. The van der Waals surface area contributed by atoms with E-state index in [4.69, 9.17) is 0 Å². The van der Waals surface area contributed by atoms with Crippen LogP contribution in [0.4, 0.5) is 5.69 Å². The van der Waals surface area contributed by atoms with Crippen molar-refractivity contribution in [3.05, 3.63) is 59.9 Å².